The van der Waals surface area contributed by atoms with E-state index in [9.17, 15) is 0 Å². The molecule has 1 nitrogen and oxygen atoms in total. The van der Waals surface area contributed by atoms with Crippen molar-refractivity contribution in [1.29, 1.82) is 0 Å². The first-order valence-electron chi connectivity index (χ1n) is 3.44. The van der Waals surface area contributed by atoms with Gasteiger partial charge in [-0.1, -0.05) is 18.4 Å². The molecule has 11 heavy (non-hydrogen) atoms. The Kier molecular flexibility index (Phi) is 5.10. The SMILES string of the molecule is C=C(C)C#CC(SC)N(C)C. The highest BCUT2D eigenvalue weighted by Crippen LogP contribution is 2.06. The molecular formula is C9H15NS. The lowest BCUT2D eigenvalue weighted by Crippen LogP contribution is -2.22. The van der Waals surface area contributed by atoms with E-state index < -0.39 is 0 Å². The summed E-state index contributed by atoms with van der Waals surface area (Å²) in [6.07, 6.45) is 2.05. The highest BCUT2D eigenvalue weighted by molar-refractivity contribution is 7.99. The molecule has 62 valence electrons. The quantitative estimate of drug-likeness (QED) is 0.458. The third-order valence-corrected chi connectivity index (χ3v) is 2.09. The average Bonchev–Trinajstić information content (AvgIpc) is 1.87. The van der Waals surface area contributed by atoms with Crippen LogP contribution in [0.2, 0.25) is 0 Å². The van der Waals surface area contributed by atoms with Crippen LogP contribution in [0.5, 0.6) is 0 Å². The van der Waals surface area contributed by atoms with Crippen LogP contribution in [0, 0.1) is 11.8 Å². The first-order chi connectivity index (χ1) is 5.07. The Morgan fingerprint density at radius 1 is 1.55 bits per heavy atom. The van der Waals surface area contributed by atoms with Crippen molar-refractivity contribution in [2.24, 2.45) is 0 Å². The van der Waals surface area contributed by atoms with Gasteiger partial charge < -0.3 is 0 Å². The Hall–Kier alpha value is -0.390. The number of hydrogen-bond acceptors (Lipinski definition) is 2. The van der Waals surface area contributed by atoms with Crippen LogP contribution in [0.25, 0.3) is 0 Å². The zero-order valence-corrected chi connectivity index (χ0v) is 8.46. The molecule has 0 spiro atoms. The van der Waals surface area contributed by atoms with Crippen LogP contribution in [0.3, 0.4) is 0 Å². The summed E-state index contributed by atoms with van der Waals surface area (Å²) in [6.45, 7) is 5.64. The zero-order chi connectivity index (χ0) is 8.85. The minimum Gasteiger partial charge on any atom is -0.288 e. The van der Waals surface area contributed by atoms with Gasteiger partial charge in [0.1, 0.15) is 5.37 Å². The fraction of sp³-hybridized carbons (Fsp3) is 0.556. The largest absolute Gasteiger partial charge is 0.288 e. The molecule has 0 aliphatic carbocycles. The summed E-state index contributed by atoms with van der Waals surface area (Å²) in [7, 11) is 4.04. The van der Waals surface area contributed by atoms with Crippen LogP contribution < -0.4 is 0 Å². The second-order valence-corrected chi connectivity index (χ2v) is 3.52. The van der Waals surface area contributed by atoms with Crippen molar-refractivity contribution >= 4 is 11.8 Å². The smallest absolute Gasteiger partial charge is 0.118 e. The lowest BCUT2D eigenvalue weighted by molar-refractivity contribution is 0.436. The third-order valence-electron chi connectivity index (χ3n) is 1.10. The normalized spacial score (nSPS) is 12.1. The summed E-state index contributed by atoms with van der Waals surface area (Å²) in [6, 6.07) is 0. The van der Waals surface area contributed by atoms with E-state index in [1.54, 1.807) is 11.8 Å². The molecule has 1 unspecified atom stereocenters. The summed E-state index contributed by atoms with van der Waals surface area (Å²) in [5.74, 6) is 6.08. The molecule has 0 aliphatic rings. The molecule has 0 N–H and O–H groups in total. The van der Waals surface area contributed by atoms with Crippen molar-refractivity contribution < 1.29 is 0 Å². The molecule has 2 heteroatoms. The average molecular weight is 169 g/mol. The predicted molar refractivity (Wildman–Crippen MR) is 53.6 cm³/mol. The Morgan fingerprint density at radius 3 is 2.36 bits per heavy atom. The number of hydrogen-bond donors (Lipinski definition) is 0. The standard InChI is InChI=1S/C9H15NS/c1-8(2)6-7-9(11-5)10(3)4/h9H,1H2,2-5H3. The van der Waals surface area contributed by atoms with Gasteiger partial charge in [0.15, 0.2) is 0 Å². The topological polar surface area (TPSA) is 3.24 Å². The first kappa shape index (κ1) is 10.6. The highest BCUT2D eigenvalue weighted by atomic mass is 32.2. The van der Waals surface area contributed by atoms with Gasteiger partial charge in [0.25, 0.3) is 0 Å². The molecule has 0 aromatic carbocycles. The van der Waals surface area contributed by atoms with Crippen molar-refractivity contribution in [3.63, 3.8) is 0 Å². The summed E-state index contributed by atoms with van der Waals surface area (Å²) in [5, 5.41) is 0.284. The molecule has 0 rings (SSSR count). The van der Waals surface area contributed by atoms with Gasteiger partial charge in [-0.15, -0.1) is 11.8 Å². The number of rotatable bonds is 2. The highest BCUT2D eigenvalue weighted by Gasteiger charge is 2.02. The van der Waals surface area contributed by atoms with Gasteiger partial charge >= 0.3 is 0 Å². The van der Waals surface area contributed by atoms with Crippen LogP contribution in [-0.4, -0.2) is 30.6 Å². The van der Waals surface area contributed by atoms with Gasteiger partial charge in [-0.05, 0) is 32.8 Å². The van der Waals surface area contributed by atoms with Gasteiger partial charge in [-0.2, -0.15) is 0 Å². The van der Waals surface area contributed by atoms with E-state index in [1.165, 1.54) is 0 Å². The van der Waals surface area contributed by atoms with Crippen molar-refractivity contribution in [2.75, 3.05) is 20.4 Å². The lowest BCUT2D eigenvalue weighted by atomic mass is 10.3. The maximum absolute atomic E-state index is 3.72. The summed E-state index contributed by atoms with van der Waals surface area (Å²) >= 11 is 1.73. The molecule has 0 radical (unpaired) electrons. The van der Waals surface area contributed by atoms with Crippen molar-refractivity contribution in [2.45, 2.75) is 12.3 Å². The molecule has 0 amide bonds. The summed E-state index contributed by atoms with van der Waals surface area (Å²) < 4.78 is 0. The van der Waals surface area contributed by atoms with E-state index >= 15 is 0 Å². The van der Waals surface area contributed by atoms with Crippen LogP contribution in [-0.2, 0) is 0 Å². The Balaban J connectivity index is 4.10. The lowest BCUT2D eigenvalue weighted by Gasteiger charge is -2.15. The predicted octanol–water partition coefficient (Wildman–Crippen LogP) is 1.82. The minimum atomic E-state index is 0.284. The fourth-order valence-corrected chi connectivity index (χ4v) is 1.18. The molecular weight excluding hydrogens is 154 g/mol. The molecule has 0 bridgehead atoms. The van der Waals surface area contributed by atoms with E-state index in [0.717, 1.165) is 5.57 Å². The summed E-state index contributed by atoms with van der Waals surface area (Å²) in [4.78, 5) is 2.08. The van der Waals surface area contributed by atoms with Gasteiger partial charge in [-0.3, -0.25) is 4.90 Å². The van der Waals surface area contributed by atoms with E-state index in [-0.39, 0.29) is 5.37 Å². The van der Waals surface area contributed by atoms with Crippen LogP contribution in [0.4, 0.5) is 0 Å². The van der Waals surface area contributed by atoms with Gasteiger partial charge in [0, 0.05) is 0 Å². The first-order valence-corrected chi connectivity index (χ1v) is 4.73. The number of thioether (sulfide) groups is 1. The van der Waals surface area contributed by atoms with Crippen molar-refractivity contribution in [3.05, 3.63) is 12.2 Å². The van der Waals surface area contributed by atoms with Crippen LogP contribution >= 0.6 is 11.8 Å². The second kappa shape index (κ2) is 5.29. The van der Waals surface area contributed by atoms with E-state index in [1.807, 2.05) is 21.0 Å². The van der Waals surface area contributed by atoms with Crippen molar-refractivity contribution in [3.8, 4) is 11.8 Å². The van der Waals surface area contributed by atoms with E-state index in [0.29, 0.717) is 0 Å². The molecule has 0 aliphatic heterocycles. The minimum absolute atomic E-state index is 0.284. The molecule has 1 atom stereocenters. The number of nitrogens with zero attached hydrogens (tertiary/aromatic N) is 1. The van der Waals surface area contributed by atoms with E-state index in [4.69, 9.17) is 0 Å². The monoisotopic (exact) mass is 169 g/mol. The summed E-state index contributed by atoms with van der Waals surface area (Å²) in [5.41, 5.74) is 0.922. The third kappa shape index (κ3) is 4.94. The molecule has 0 aromatic rings. The maximum atomic E-state index is 3.72. The zero-order valence-electron chi connectivity index (χ0n) is 7.64. The molecule has 0 aromatic heterocycles. The Morgan fingerprint density at radius 2 is 2.09 bits per heavy atom. The van der Waals surface area contributed by atoms with Gasteiger partial charge in [0.2, 0.25) is 0 Å². The Labute approximate surface area is 73.9 Å². The molecule has 0 fully saturated rings. The molecule has 0 saturated heterocycles. The second-order valence-electron chi connectivity index (χ2n) is 2.60. The van der Waals surface area contributed by atoms with Crippen LogP contribution in [0.1, 0.15) is 6.92 Å². The fourth-order valence-electron chi connectivity index (χ4n) is 0.584. The maximum Gasteiger partial charge on any atom is 0.118 e. The van der Waals surface area contributed by atoms with E-state index in [2.05, 4.69) is 29.6 Å². The van der Waals surface area contributed by atoms with Gasteiger partial charge in [-0.25, -0.2) is 0 Å². The Bertz CT molecular complexity index is 185. The molecule has 0 heterocycles. The molecule has 0 saturated carbocycles. The van der Waals surface area contributed by atoms with Gasteiger partial charge in [0.05, 0.1) is 0 Å². The van der Waals surface area contributed by atoms with Crippen molar-refractivity contribution in [1.82, 2.24) is 4.90 Å². The van der Waals surface area contributed by atoms with Crippen LogP contribution in [0.15, 0.2) is 12.2 Å². The number of allylic oxidation sites excluding steroid dienone is 1.